The van der Waals surface area contributed by atoms with Crippen molar-refractivity contribution in [3.63, 3.8) is 0 Å². The first kappa shape index (κ1) is 12.9. The highest BCUT2D eigenvalue weighted by Crippen LogP contribution is 2.42. The smallest absolute Gasteiger partial charge is 0.269 e. The van der Waals surface area contributed by atoms with Crippen molar-refractivity contribution in [2.75, 3.05) is 0 Å². The van der Waals surface area contributed by atoms with Gasteiger partial charge in [-0.1, -0.05) is 18.6 Å². The number of nitro benzene ring substituents is 1. The Labute approximate surface area is 116 Å². The van der Waals surface area contributed by atoms with E-state index in [1.54, 1.807) is 19.1 Å². The van der Waals surface area contributed by atoms with Crippen LogP contribution in [0.3, 0.4) is 0 Å². The van der Waals surface area contributed by atoms with E-state index >= 15 is 0 Å². The minimum atomic E-state index is -0.414. The van der Waals surface area contributed by atoms with E-state index in [2.05, 4.69) is 0 Å². The van der Waals surface area contributed by atoms with Crippen LogP contribution in [0.25, 0.3) is 0 Å². The Morgan fingerprint density at radius 3 is 2.65 bits per heavy atom. The van der Waals surface area contributed by atoms with Crippen molar-refractivity contribution in [1.29, 1.82) is 0 Å². The van der Waals surface area contributed by atoms with Crippen LogP contribution >= 0.6 is 0 Å². The molecule has 1 fully saturated rings. The van der Waals surface area contributed by atoms with Gasteiger partial charge in [-0.05, 0) is 24.3 Å². The highest BCUT2D eigenvalue weighted by molar-refractivity contribution is 5.85. The van der Waals surface area contributed by atoms with E-state index in [4.69, 9.17) is 4.84 Å². The maximum Gasteiger partial charge on any atom is 0.269 e. The van der Waals surface area contributed by atoms with Crippen LogP contribution in [0.5, 0.6) is 0 Å². The molecule has 2 aliphatic rings. The van der Waals surface area contributed by atoms with Crippen molar-refractivity contribution in [3.05, 3.63) is 45.2 Å². The van der Waals surface area contributed by atoms with Gasteiger partial charge in [0, 0.05) is 24.0 Å². The normalized spacial score (nSPS) is 28.9. The molecule has 3 rings (SSSR count). The van der Waals surface area contributed by atoms with E-state index < -0.39 is 4.92 Å². The van der Waals surface area contributed by atoms with Crippen LogP contribution in [0, 0.1) is 21.2 Å². The Balaban J connectivity index is 1.97. The lowest BCUT2D eigenvalue weighted by atomic mass is 9.80. The molecule has 3 atom stereocenters. The molecule has 0 spiro atoms. The Hall–Kier alpha value is -2.11. The molecule has 106 valence electrons. The summed E-state index contributed by atoms with van der Waals surface area (Å²) in [5, 5.41) is 22.6. The summed E-state index contributed by atoms with van der Waals surface area (Å²) in [7, 11) is 0. The van der Waals surface area contributed by atoms with E-state index in [1.165, 1.54) is 12.1 Å². The van der Waals surface area contributed by atoms with Crippen LogP contribution in [-0.4, -0.2) is 21.6 Å². The van der Waals surface area contributed by atoms with E-state index in [-0.39, 0.29) is 17.7 Å². The molecule has 0 N–H and O–H groups in total. The van der Waals surface area contributed by atoms with Crippen LogP contribution in [0.4, 0.5) is 5.69 Å². The standard InChI is InChI=1S/C14H16N2O4/c1-9-14(10-5-7-11(8-6-10)15(17)18)12-3-2-4-13(12)20-16(9)19/h5-8,12-14H,2-4H2,1H3/t12-,13+,14+/m1/s1. The van der Waals surface area contributed by atoms with Crippen molar-refractivity contribution in [2.24, 2.45) is 5.92 Å². The molecular weight excluding hydrogens is 260 g/mol. The summed E-state index contributed by atoms with van der Waals surface area (Å²) in [4.78, 5) is 16.3. The molecule has 1 aromatic rings. The first-order valence-corrected chi connectivity index (χ1v) is 6.80. The molecule has 6 nitrogen and oxygen atoms in total. The first-order chi connectivity index (χ1) is 9.58. The van der Waals surface area contributed by atoms with Gasteiger partial charge in [-0.25, -0.2) is 0 Å². The highest BCUT2D eigenvalue weighted by atomic mass is 16.9. The fourth-order valence-electron chi connectivity index (χ4n) is 3.39. The second-order valence-electron chi connectivity index (χ2n) is 5.46. The number of nitro groups is 1. The average Bonchev–Trinajstić information content (AvgIpc) is 2.88. The van der Waals surface area contributed by atoms with Crippen molar-refractivity contribution in [2.45, 2.75) is 38.2 Å². The van der Waals surface area contributed by atoms with Crippen molar-refractivity contribution >= 4 is 11.4 Å². The van der Waals surface area contributed by atoms with Crippen LogP contribution < -0.4 is 0 Å². The predicted molar refractivity (Wildman–Crippen MR) is 72.4 cm³/mol. The Morgan fingerprint density at radius 2 is 2.00 bits per heavy atom. The molecule has 0 bridgehead atoms. The number of nitrogens with zero attached hydrogens (tertiary/aromatic N) is 2. The van der Waals surface area contributed by atoms with Gasteiger partial charge in [0.2, 0.25) is 5.71 Å². The summed E-state index contributed by atoms with van der Waals surface area (Å²) in [5.74, 6) is 0.288. The number of benzene rings is 1. The molecule has 0 amide bonds. The second-order valence-corrected chi connectivity index (χ2v) is 5.46. The van der Waals surface area contributed by atoms with E-state index in [0.29, 0.717) is 16.5 Å². The third-order valence-electron chi connectivity index (χ3n) is 4.36. The van der Waals surface area contributed by atoms with Gasteiger partial charge in [-0.15, -0.1) is 0 Å². The van der Waals surface area contributed by atoms with Gasteiger partial charge >= 0.3 is 0 Å². The van der Waals surface area contributed by atoms with Gasteiger partial charge in [0.1, 0.15) is 0 Å². The van der Waals surface area contributed by atoms with Gasteiger partial charge < -0.3 is 4.84 Å². The Bertz CT molecular complexity index is 567. The fourth-order valence-corrected chi connectivity index (χ4v) is 3.39. The molecule has 1 aromatic carbocycles. The zero-order valence-electron chi connectivity index (χ0n) is 11.2. The molecule has 1 aliphatic heterocycles. The Kier molecular flexibility index (Phi) is 3.08. The molecule has 0 saturated heterocycles. The van der Waals surface area contributed by atoms with Gasteiger partial charge in [-0.3, -0.25) is 15.3 Å². The maximum absolute atomic E-state index is 11.8. The van der Waals surface area contributed by atoms with Gasteiger partial charge in [0.25, 0.3) is 5.69 Å². The predicted octanol–water partition coefficient (Wildman–Crippen LogP) is 2.76. The van der Waals surface area contributed by atoms with E-state index in [9.17, 15) is 15.3 Å². The lowest BCUT2D eigenvalue weighted by Gasteiger charge is -2.33. The van der Waals surface area contributed by atoms with Crippen LogP contribution in [0.15, 0.2) is 24.3 Å². The van der Waals surface area contributed by atoms with Crippen molar-refractivity contribution in [1.82, 2.24) is 0 Å². The molecule has 0 aromatic heterocycles. The number of rotatable bonds is 2. The highest BCUT2D eigenvalue weighted by Gasteiger charge is 2.43. The molecule has 0 radical (unpaired) electrons. The lowest BCUT2D eigenvalue weighted by molar-refractivity contribution is -0.761. The lowest BCUT2D eigenvalue weighted by Crippen LogP contribution is -2.39. The molecule has 1 saturated carbocycles. The molecule has 6 heteroatoms. The van der Waals surface area contributed by atoms with Gasteiger partial charge in [0.05, 0.1) is 16.9 Å². The van der Waals surface area contributed by atoms with Gasteiger partial charge in [0.15, 0.2) is 0 Å². The largest absolute Gasteiger partial charge is 0.400 e. The quantitative estimate of drug-likeness (QED) is 0.472. The van der Waals surface area contributed by atoms with Crippen LogP contribution in [0.2, 0.25) is 0 Å². The minimum absolute atomic E-state index is 0.00504. The number of fused-ring (bicyclic) bond motifs is 1. The SMILES string of the molecule is CC1=[N+]([O-])O[C@H]2CCC[C@H]2[C@@H]1c1ccc([N+](=O)[O-])cc1. The maximum atomic E-state index is 11.8. The molecule has 0 unspecified atom stereocenters. The molecule has 20 heavy (non-hydrogen) atoms. The Morgan fingerprint density at radius 1 is 1.30 bits per heavy atom. The summed E-state index contributed by atoms with van der Waals surface area (Å²) >= 11 is 0. The third-order valence-corrected chi connectivity index (χ3v) is 4.36. The van der Waals surface area contributed by atoms with Crippen molar-refractivity contribution in [3.8, 4) is 0 Å². The first-order valence-electron chi connectivity index (χ1n) is 6.80. The van der Waals surface area contributed by atoms with Gasteiger partial charge in [-0.2, -0.15) is 0 Å². The summed E-state index contributed by atoms with van der Waals surface area (Å²) in [6, 6.07) is 6.50. The second kappa shape index (κ2) is 4.77. The molecule has 1 aliphatic carbocycles. The third kappa shape index (κ3) is 2.01. The van der Waals surface area contributed by atoms with E-state index in [1.807, 2.05) is 0 Å². The number of hydrogen-bond acceptors (Lipinski definition) is 4. The summed E-state index contributed by atoms with van der Waals surface area (Å²) < 4.78 is 0. The minimum Gasteiger partial charge on any atom is -0.400 e. The summed E-state index contributed by atoms with van der Waals surface area (Å²) in [5.41, 5.74) is 1.65. The van der Waals surface area contributed by atoms with Crippen LogP contribution in [-0.2, 0) is 4.84 Å². The summed E-state index contributed by atoms with van der Waals surface area (Å²) in [6.45, 7) is 1.77. The molecular formula is C14H16N2O4. The zero-order chi connectivity index (χ0) is 14.3. The number of hydrogen-bond donors (Lipinski definition) is 0. The topological polar surface area (TPSA) is 78.4 Å². The fraction of sp³-hybridized carbons (Fsp3) is 0.500. The molecule has 1 heterocycles. The zero-order valence-corrected chi connectivity index (χ0v) is 11.2. The average molecular weight is 276 g/mol. The monoisotopic (exact) mass is 276 g/mol. The number of non-ortho nitro benzene ring substituents is 1. The van der Waals surface area contributed by atoms with E-state index in [0.717, 1.165) is 24.8 Å². The summed E-state index contributed by atoms with van der Waals surface area (Å²) in [6.07, 6.45) is 2.95. The van der Waals surface area contributed by atoms with Crippen LogP contribution in [0.1, 0.15) is 37.7 Å². The van der Waals surface area contributed by atoms with Crippen molar-refractivity contribution < 1.29 is 14.7 Å².